The van der Waals surface area contributed by atoms with Gasteiger partial charge in [0.1, 0.15) is 12.4 Å². The number of rotatable bonds is 16. The third-order valence-electron chi connectivity index (χ3n) is 5.35. The van der Waals surface area contributed by atoms with Crippen molar-refractivity contribution in [2.75, 3.05) is 0 Å². The van der Waals surface area contributed by atoms with Crippen LogP contribution in [-0.2, 0) is 13.0 Å². The fourth-order valence-corrected chi connectivity index (χ4v) is 3.72. The molecule has 0 spiro atoms. The molecule has 25 heavy (non-hydrogen) atoms. The third kappa shape index (κ3) is 9.47. The summed E-state index contributed by atoms with van der Waals surface area (Å²) >= 11 is 0. The predicted molar refractivity (Wildman–Crippen MR) is 110 cm³/mol. The molecule has 0 amide bonds. The maximum Gasteiger partial charge on any atom is 0.256 e. The first-order valence-electron chi connectivity index (χ1n) is 11.3. The summed E-state index contributed by atoms with van der Waals surface area (Å²) in [4.78, 5) is 0. The molecule has 0 fully saturated rings. The number of hydrogen-bond acceptors (Lipinski definition) is 0. The molecule has 1 rings (SSSR count). The van der Waals surface area contributed by atoms with Crippen molar-refractivity contribution in [3.8, 4) is 0 Å². The summed E-state index contributed by atoms with van der Waals surface area (Å²) in [5.74, 6) is 1.54. The molecule has 0 aliphatic rings. The lowest BCUT2D eigenvalue weighted by atomic mass is 10.1. The predicted octanol–water partition coefficient (Wildman–Crippen LogP) is 7.01. The van der Waals surface area contributed by atoms with Crippen molar-refractivity contribution in [3.63, 3.8) is 0 Å². The Labute approximate surface area is 158 Å². The van der Waals surface area contributed by atoms with Crippen molar-refractivity contribution < 1.29 is 4.57 Å². The van der Waals surface area contributed by atoms with Gasteiger partial charge in [0.2, 0.25) is 0 Å². The molecule has 2 nitrogen and oxygen atoms in total. The first-order chi connectivity index (χ1) is 12.2. The van der Waals surface area contributed by atoms with E-state index in [1.807, 2.05) is 0 Å². The second kappa shape index (κ2) is 14.4. The zero-order valence-electron chi connectivity index (χ0n) is 17.7. The largest absolute Gasteiger partial charge is 0.256 e. The van der Waals surface area contributed by atoms with E-state index in [0.29, 0.717) is 6.04 Å². The van der Waals surface area contributed by atoms with Gasteiger partial charge in [-0.1, -0.05) is 78.1 Å². The molecule has 0 atom stereocenters. The molecule has 0 saturated carbocycles. The average Bonchev–Trinajstić information content (AvgIpc) is 3.00. The fourth-order valence-electron chi connectivity index (χ4n) is 3.72. The van der Waals surface area contributed by atoms with Crippen LogP contribution in [0.25, 0.3) is 0 Å². The van der Waals surface area contributed by atoms with Gasteiger partial charge >= 0.3 is 0 Å². The van der Waals surface area contributed by atoms with E-state index in [4.69, 9.17) is 0 Å². The van der Waals surface area contributed by atoms with Crippen LogP contribution in [0.2, 0.25) is 0 Å². The fraction of sp³-hybridized carbons (Fsp3) is 0.870. The molecule has 0 N–H and O–H groups in total. The van der Waals surface area contributed by atoms with Crippen molar-refractivity contribution in [1.29, 1.82) is 0 Å². The highest BCUT2D eigenvalue weighted by Crippen LogP contribution is 2.12. The summed E-state index contributed by atoms with van der Waals surface area (Å²) in [6.45, 7) is 10.4. The third-order valence-corrected chi connectivity index (χ3v) is 5.35. The molecule has 0 aliphatic carbocycles. The second-order valence-electron chi connectivity index (χ2n) is 8.05. The summed E-state index contributed by atoms with van der Waals surface area (Å²) in [5.41, 5.74) is 0. The molecule has 0 aliphatic heterocycles. The van der Waals surface area contributed by atoms with Gasteiger partial charge in [0, 0.05) is 6.42 Å². The molecule has 2 heteroatoms. The average molecular weight is 350 g/mol. The van der Waals surface area contributed by atoms with Crippen LogP contribution in [0.3, 0.4) is 0 Å². The van der Waals surface area contributed by atoms with Crippen molar-refractivity contribution in [3.05, 3.63) is 18.2 Å². The van der Waals surface area contributed by atoms with Crippen molar-refractivity contribution >= 4 is 0 Å². The van der Waals surface area contributed by atoms with Crippen LogP contribution in [0.1, 0.15) is 123 Å². The summed E-state index contributed by atoms with van der Waals surface area (Å²) in [7, 11) is 0. The Bertz CT molecular complexity index is 420. The van der Waals surface area contributed by atoms with Gasteiger partial charge in [-0.2, -0.15) is 0 Å². The lowest BCUT2D eigenvalue weighted by molar-refractivity contribution is -0.704. The van der Waals surface area contributed by atoms with Crippen molar-refractivity contribution in [1.82, 2.24) is 4.57 Å². The van der Waals surface area contributed by atoms with Crippen LogP contribution in [-0.4, -0.2) is 4.57 Å². The maximum atomic E-state index is 2.53. The molecule has 1 aromatic heterocycles. The SMILES string of the molecule is CCCCCCCCCCCC[n+]1ccn(C(C)C)c1CCCCC. The number of nitrogens with zero attached hydrogens (tertiary/aromatic N) is 2. The first-order valence-corrected chi connectivity index (χ1v) is 11.3. The van der Waals surface area contributed by atoms with E-state index in [0.717, 1.165) is 0 Å². The smallest absolute Gasteiger partial charge is 0.234 e. The number of imidazole rings is 1. The van der Waals surface area contributed by atoms with Crippen LogP contribution in [0.5, 0.6) is 0 Å². The van der Waals surface area contributed by atoms with Gasteiger partial charge in [0.05, 0.1) is 12.6 Å². The Morgan fingerprint density at radius 3 is 1.84 bits per heavy atom. The molecule has 0 bridgehead atoms. The zero-order chi connectivity index (χ0) is 18.3. The number of unbranched alkanes of at least 4 members (excludes halogenated alkanes) is 11. The summed E-state index contributed by atoms with van der Waals surface area (Å²) < 4.78 is 5.01. The van der Waals surface area contributed by atoms with E-state index >= 15 is 0 Å². The van der Waals surface area contributed by atoms with E-state index in [1.54, 1.807) is 5.82 Å². The first kappa shape index (κ1) is 22.3. The standard InChI is InChI=1S/C23H45N2/c1-5-7-9-10-11-12-13-14-15-17-19-24-20-21-25(22(3)4)23(24)18-16-8-6-2/h20-22H,5-19H2,1-4H3/q+1. The van der Waals surface area contributed by atoms with Gasteiger partial charge in [-0.25, -0.2) is 9.13 Å². The monoisotopic (exact) mass is 349 g/mol. The van der Waals surface area contributed by atoms with Gasteiger partial charge in [0.25, 0.3) is 5.82 Å². The van der Waals surface area contributed by atoms with Gasteiger partial charge in [-0.3, -0.25) is 0 Å². The Balaban J connectivity index is 2.23. The highest BCUT2D eigenvalue weighted by Gasteiger charge is 2.18. The summed E-state index contributed by atoms with van der Waals surface area (Å²) in [6, 6.07) is 0.575. The second-order valence-corrected chi connectivity index (χ2v) is 8.05. The van der Waals surface area contributed by atoms with Crippen LogP contribution >= 0.6 is 0 Å². The molecular formula is C23H45N2+. The lowest BCUT2D eigenvalue weighted by Gasteiger charge is -2.08. The molecular weight excluding hydrogens is 304 g/mol. The van der Waals surface area contributed by atoms with Crippen LogP contribution in [0.15, 0.2) is 12.4 Å². The highest BCUT2D eigenvalue weighted by molar-refractivity contribution is 4.86. The van der Waals surface area contributed by atoms with Crippen molar-refractivity contribution in [2.45, 2.75) is 130 Å². The summed E-state index contributed by atoms with van der Waals surface area (Å²) in [5, 5.41) is 0. The van der Waals surface area contributed by atoms with E-state index < -0.39 is 0 Å². The number of aromatic nitrogens is 2. The van der Waals surface area contributed by atoms with Gasteiger partial charge in [-0.05, 0) is 33.1 Å². The molecule has 146 valence electrons. The van der Waals surface area contributed by atoms with Gasteiger partial charge in [-0.15, -0.1) is 0 Å². The Morgan fingerprint density at radius 1 is 0.760 bits per heavy atom. The topological polar surface area (TPSA) is 8.81 Å². The zero-order valence-corrected chi connectivity index (χ0v) is 17.7. The molecule has 0 radical (unpaired) electrons. The summed E-state index contributed by atoms with van der Waals surface area (Å²) in [6.07, 6.45) is 24.0. The normalized spacial score (nSPS) is 11.6. The number of aryl methyl sites for hydroxylation is 1. The molecule has 0 unspecified atom stereocenters. The van der Waals surface area contributed by atoms with Crippen molar-refractivity contribution in [2.24, 2.45) is 0 Å². The van der Waals surface area contributed by atoms with E-state index in [1.165, 1.54) is 96.4 Å². The highest BCUT2D eigenvalue weighted by atomic mass is 15.2. The molecule has 0 aromatic carbocycles. The van der Waals surface area contributed by atoms with Gasteiger partial charge < -0.3 is 0 Å². The minimum atomic E-state index is 0.575. The Kier molecular flexibility index (Phi) is 12.8. The molecule has 1 aromatic rings. The van der Waals surface area contributed by atoms with E-state index in [2.05, 4.69) is 49.2 Å². The Morgan fingerprint density at radius 2 is 1.28 bits per heavy atom. The lowest BCUT2D eigenvalue weighted by Crippen LogP contribution is -2.37. The van der Waals surface area contributed by atoms with E-state index in [9.17, 15) is 0 Å². The van der Waals surface area contributed by atoms with Gasteiger partial charge in [0.15, 0.2) is 0 Å². The molecule has 1 heterocycles. The van der Waals surface area contributed by atoms with Crippen LogP contribution < -0.4 is 4.57 Å². The quantitative estimate of drug-likeness (QED) is 0.224. The Hall–Kier alpha value is -0.790. The minimum Gasteiger partial charge on any atom is -0.234 e. The molecule has 0 saturated heterocycles. The van der Waals surface area contributed by atoms with E-state index in [-0.39, 0.29) is 0 Å². The minimum absolute atomic E-state index is 0.575. The van der Waals surface area contributed by atoms with Crippen LogP contribution in [0, 0.1) is 0 Å². The number of hydrogen-bond donors (Lipinski definition) is 0. The van der Waals surface area contributed by atoms with Crippen LogP contribution in [0.4, 0.5) is 0 Å². The maximum absolute atomic E-state index is 2.53.